The molecule has 1 spiro atoms. The first-order valence-corrected chi connectivity index (χ1v) is 13.1. The minimum Gasteiger partial charge on any atom is -0.481 e. The molecule has 2 bridgehead atoms. The third kappa shape index (κ3) is 3.76. The van der Waals surface area contributed by atoms with Gasteiger partial charge in [-0.15, -0.1) is 6.58 Å². The number of nitrogens with zero attached hydrogens (tertiary/aromatic N) is 2. The van der Waals surface area contributed by atoms with Gasteiger partial charge in [0.15, 0.2) is 0 Å². The summed E-state index contributed by atoms with van der Waals surface area (Å²) in [6.45, 7) is 4.26. The fourth-order valence-electron chi connectivity index (χ4n) is 6.27. The van der Waals surface area contributed by atoms with E-state index in [1.54, 1.807) is 11.0 Å². The van der Waals surface area contributed by atoms with Gasteiger partial charge in [0, 0.05) is 30.2 Å². The molecule has 36 heavy (non-hydrogen) atoms. The molecule has 2 N–H and O–H groups in total. The summed E-state index contributed by atoms with van der Waals surface area (Å²) in [6, 6.07) is 12.6. The Morgan fingerprint density at radius 1 is 1.22 bits per heavy atom. The number of aliphatic hydroxyl groups excluding tert-OH is 1. The number of fused-ring (bicyclic) bond motifs is 2. The minimum atomic E-state index is -1.23. The number of likely N-dealkylation sites (tertiary alicyclic amines) is 1. The maximum atomic E-state index is 14.4. The van der Waals surface area contributed by atoms with Gasteiger partial charge in [0.1, 0.15) is 11.6 Å². The lowest BCUT2D eigenvalue weighted by molar-refractivity contribution is -0.149. The number of aliphatic carboxylic acids is 1. The number of amides is 2. The predicted molar refractivity (Wildman–Crippen MR) is 138 cm³/mol. The van der Waals surface area contributed by atoms with Crippen molar-refractivity contribution in [1.29, 1.82) is 0 Å². The van der Waals surface area contributed by atoms with E-state index in [1.807, 2.05) is 42.5 Å². The first kappa shape index (κ1) is 24.9. The molecular formula is C27H29BrN2O6. The number of benzene rings is 2. The molecule has 3 saturated heterocycles. The standard InChI is InChI=1S/C27H29BrN2O6/c1-2-11-29(18-10-9-16-7-3-4-8-17(16)14-18)25(33)23-27-15-19(28)22(36-27)20(26(34)35)21(27)24(32)30(23)12-5-6-13-31/h2-4,7-10,14,19-23,31H,1,5-6,11-13,15H2,(H,34,35)/t19?,20-,21+,22-,23?,27?/m1/s1. The van der Waals surface area contributed by atoms with Crippen molar-refractivity contribution in [1.82, 2.24) is 4.90 Å². The fourth-order valence-corrected chi connectivity index (χ4v) is 7.21. The van der Waals surface area contributed by atoms with Crippen LogP contribution in [0.2, 0.25) is 0 Å². The predicted octanol–water partition coefficient (Wildman–Crippen LogP) is 2.96. The fraction of sp³-hybridized carbons (Fsp3) is 0.444. The van der Waals surface area contributed by atoms with E-state index < -0.39 is 35.6 Å². The molecule has 9 heteroatoms. The van der Waals surface area contributed by atoms with E-state index in [-0.39, 0.29) is 36.3 Å². The van der Waals surface area contributed by atoms with Gasteiger partial charge in [-0.3, -0.25) is 14.4 Å². The lowest BCUT2D eigenvalue weighted by Gasteiger charge is -2.37. The Morgan fingerprint density at radius 2 is 1.97 bits per heavy atom. The Hall–Kier alpha value is -2.75. The van der Waals surface area contributed by atoms with Gasteiger partial charge in [-0.25, -0.2) is 0 Å². The lowest BCUT2D eigenvalue weighted by atomic mass is 9.70. The SMILES string of the molecule is C=CCN(C(=O)C1N(CCCCO)C(=O)[C@@H]2[C@@H](C(=O)O)[C@@H]3OC12CC3Br)c1ccc2ccccc2c1. The molecule has 190 valence electrons. The molecule has 8 nitrogen and oxygen atoms in total. The molecule has 0 aromatic heterocycles. The Balaban J connectivity index is 1.58. The zero-order chi connectivity index (χ0) is 25.6. The van der Waals surface area contributed by atoms with Crippen LogP contribution in [0.4, 0.5) is 5.69 Å². The molecule has 3 aliphatic rings. The topological polar surface area (TPSA) is 107 Å². The highest BCUT2D eigenvalue weighted by atomic mass is 79.9. The van der Waals surface area contributed by atoms with Crippen LogP contribution in [0.15, 0.2) is 55.1 Å². The molecule has 0 saturated carbocycles. The molecular weight excluding hydrogens is 528 g/mol. The summed E-state index contributed by atoms with van der Waals surface area (Å²) >= 11 is 3.56. The number of alkyl halides is 1. The van der Waals surface area contributed by atoms with Crippen LogP contribution in [-0.4, -0.2) is 75.2 Å². The molecule has 5 rings (SSSR count). The first-order valence-electron chi connectivity index (χ1n) is 12.2. The number of carboxylic acid groups (broad SMARTS) is 1. The Kier molecular flexibility index (Phi) is 6.65. The second-order valence-corrected chi connectivity index (χ2v) is 10.9. The number of ether oxygens (including phenoxy) is 1. The van der Waals surface area contributed by atoms with Crippen LogP contribution in [0.1, 0.15) is 19.3 Å². The maximum Gasteiger partial charge on any atom is 0.310 e. The maximum absolute atomic E-state index is 14.4. The lowest BCUT2D eigenvalue weighted by Crippen LogP contribution is -2.57. The van der Waals surface area contributed by atoms with Crippen molar-refractivity contribution >= 4 is 50.2 Å². The van der Waals surface area contributed by atoms with Crippen molar-refractivity contribution in [3.8, 4) is 0 Å². The second-order valence-electron chi connectivity index (χ2n) is 9.73. The summed E-state index contributed by atoms with van der Waals surface area (Å²) in [7, 11) is 0. The van der Waals surface area contributed by atoms with Gasteiger partial charge in [-0.1, -0.05) is 52.3 Å². The average Bonchev–Trinajstić information content (AvgIpc) is 3.45. The molecule has 0 aliphatic carbocycles. The van der Waals surface area contributed by atoms with Gasteiger partial charge in [0.25, 0.3) is 5.91 Å². The number of carbonyl (C=O) groups excluding carboxylic acids is 2. The Labute approximate surface area is 217 Å². The van der Waals surface area contributed by atoms with Crippen molar-refractivity contribution in [2.24, 2.45) is 11.8 Å². The summed E-state index contributed by atoms with van der Waals surface area (Å²) in [5.74, 6) is -3.74. The third-order valence-electron chi connectivity index (χ3n) is 7.74. The first-order chi connectivity index (χ1) is 17.3. The highest BCUT2D eigenvalue weighted by Gasteiger charge is 2.76. The number of hydrogen-bond acceptors (Lipinski definition) is 5. The molecule has 2 aromatic carbocycles. The Bertz CT molecular complexity index is 1220. The number of carboxylic acids is 1. The van der Waals surface area contributed by atoms with E-state index in [9.17, 15) is 24.6 Å². The van der Waals surface area contributed by atoms with Crippen LogP contribution < -0.4 is 4.90 Å². The smallest absolute Gasteiger partial charge is 0.310 e. The zero-order valence-electron chi connectivity index (χ0n) is 19.8. The summed E-state index contributed by atoms with van der Waals surface area (Å²) in [4.78, 5) is 43.1. The van der Waals surface area contributed by atoms with Crippen molar-refractivity contribution in [3.05, 3.63) is 55.1 Å². The number of aliphatic hydroxyl groups is 1. The summed E-state index contributed by atoms with van der Waals surface area (Å²) in [5.41, 5.74) is -0.565. The van der Waals surface area contributed by atoms with Gasteiger partial charge >= 0.3 is 5.97 Å². The van der Waals surface area contributed by atoms with Gasteiger partial charge < -0.3 is 24.7 Å². The number of anilines is 1. The number of carbonyl (C=O) groups is 3. The van der Waals surface area contributed by atoms with E-state index in [0.717, 1.165) is 10.8 Å². The number of halogens is 1. The van der Waals surface area contributed by atoms with E-state index in [2.05, 4.69) is 22.5 Å². The van der Waals surface area contributed by atoms with Gasteiger partial charge in [-0.05, 0) is 42.2 Å². The Morgan fingerprint density at radius 3 is 2.67 bits per heavy atom. The summed E-state index contributed by atoms with van der Waals surface area (Å²) in [6.07, 6.45) is 2.28. The van der Waals surface area contributed by atoms with Crippen LogP contribution in [0.3, 0.4) is 0 Å². The summed E-state index contributed by atoms with van der Waals surface area (Å²) < 4.78 is 6.33. The molecule has 3 aliphatic heterocycles. The number of hydrogen-bond donors (Lipinski definition) is 2. The van der Waals surface area contributed by atoms with Crippen LogP contribution in [0.25, 0.3) is 10.8 Å². The zero-order valence-corrected chi connectivity index (χ0v) is 21.3. The van der Waals surface area contributed by atoms with Crippen LogP contribution >= 0.6 is 15.9 Å². The van der Waals surface area contributed by atoms with Crippen LogP contribution in [0, 0.1) is 11.8 Å². The minimum absolute atomic E-state index is 0.0330. The molecule has 2 amide bonds. The van der Waals surface area contributed by atoms with Crippen molar-refractivity contribution in [2.45, 2.75) is 41.8 Å². The third-order valence-corrected chi connectivity index (χ3v) is 8.58. The van der Waals surface area contributed by atoms with Crippen LogP contribution in [0.5, 0.6) is 0 Å². The molecule has 3 fully saturated rings. The molecule has 6 atom stereocenters. The van der Waals surface area contributed by atoms with Crippen molar-refractivity contribution in [3.63, 3.8) is 0 Å². The highest BCUT2D eigenvalue weighted by Crippen LogP contribution is 2.60. The van der Waals surface area contributed by atoms with Crippen molar-refractivity contribution < 1.29 is 29.3 Å². The number of rotatable bonds is 9. The van der Waals surface area contributed by atoms with Crippen LogP contribution in [-0.2, 0) is 19.1 Å². The normalized spacial score (nSPS) is 30.6. The number of unbranched alkanes of at least 4 members (excludes halogenated alkanes) is 1. The van der Waals surface area contributed by atoms with Gasteiger partial charge in [0.2, 0.25) is 5.91 Å². The van der Waals surface area contributed by atoms with Gasteiger partial charge in [0.05, 0.1) is 17.9 Å². The molecule has 0 radical (unpaired) electrons. The molecule has 3 unspecified atom stereocenters. The quantitative estimate of drug-likeness (QED) is 0.279. The van der Waals surface area contributed by atoms with Crippen molar-refractivity contribution in [2.75, 3.05) is 24.6 Å². The molecule has 3 heterocycles. The van der Waals surface area contributed by atoms with E-state index in [4.69, 9.17) is 4.74 Å². The van der Waals surface area contributed by atoms with Gasteiger partial charge in [-0.2, -0.15) is 0 Å². The second kappa shape index (κ2) is 9.61. The van der Waals surface area contributed by atoms with E-state index >= 15 is 0 Å². The van der Waals surface area contributed by atoms with E-state index in [0.29, 0.717) is 24.9 Å². The highest BCUT2D eigenvalue weighted by molar-refractivity contribution is 9.09. The molecule has 2 aromatic rings. The largest absolute Gasteiger partial charge is 0.481 e. The summed E-state index contributed by atoms with van der Waals surface area (Å²) in [5, 5.41) is 21.3. The monoisotopic (exact) mass is 556 g/mol. The van der Waals surface area contributed by atoms with E-state index in [1.165, 1.54) is 4.90 Å². The average molecular weight is 557 g/mol.